The first-order valence-corrected chi connectivity index (χ1v) is 6.90. The fourth-order valence-electron chi connectivity index (χ4n) is 2.11. The highest BCUT2D eigenvalue weighted by Gasteiger charge is 2.12. The molecule has 0 aliphatic rings. The zero-order valence-corrected chi connectivity index (χ0v) is 11.7. The van der Waals surface area contributed by atoms with Gasteiger partial charge in [0.2, 0.25) is 0 Å². The highest BCUT2D eigenvalue weighted by molar-refractivity contribution is 6.02. The van der Waals surface area contributed by atoms with E-state index >= 15 is 0 Å². The summed E-state index contributed by atoms with van der Waals surface area (Å²) in [5.41, 5.74) is 1.71. The number of unbranched alkanes of at least 4 members (excludes halogenated alkanes) is 3. The van der Waals surface area contributed by atoms with Gasteiger partial charge >= 0.3 is 0 Å². The maximum atomic E-state index is 9.84. The molecule has 1 aromatic carbocycles. The van der Waals surface area contributed by atoms with E-state index in [1.807, 2.05) is 6.92 Å². The summed E-state index contributed by atoms with van der Waals surface area (Å²) >= 11 is 0. The molecule has 3 N–H and O–H groups in total. The van der Waals surface area contributed by atoms with Crippen molar-refractivity contribution in [3.8, 4) is 11.5 Å². The van der Waals surface area contributed by atoms with Gasteiger partial charge in [0.15, 0.2) is 0 Å². The Hall–Kier alpha value is -1.71. The first kappa shape index (κ1) is 15.3. The van der Waals surface area contributed by atoms with Gasteiger partial charge in [-0.1, -0.05) is 38.3 Å². The van der Waals surface area contributed by atoms with Crippen molar-refractivity contribution < 1.29 is 15.4 Å². The van der Waals surface area contributed by atoms with Crippen LogP contribution in [0.5, 0.6) is 11.5 Å². The van der Waals surface area contributed by atoms with Crippen LogP contribution in [0.2, 0.25) is 0 Å². The van der Waals surface area contributed by atoms with Crippen molar-refractivity contribution in [2.24, 2.45) is 5.16 Å². The van der Waals surface area contributed by atoms with Crippen LogP contribution >= 0.6 is 0 Å². The summed E-state index contributed by atoms with van der Waals surface area (Å²) < 4.78 is 0. The molecule has 1 aromatic rings. The zero-order chi connectivity index (χ0) is 14.3. The van der Waals surface area contributed by atoms with E-state index in [1.165, 1.54) is 18.9 Å². The molecule has 0 amide bonds. The van der Waals surface area contributed by atoms with E-state index in [4.69, 9.17) is 5.21 Å². The summed E-state index contributed by atoms with van der Waals surface area (Å²) in [6.07, 6.45) is 5.77. The van der Waals surface area contributed by atoms with Crippen molar-refractivity contribution in [3.05, 3.63) is 23.3 Å². The number of nitrogens with zero attached hydrogens (tertiary/aromatic N) is 1. The lowest BCUT2D eigenvalue weighted by molar-refractivity contribution is 0.318. The minimum absolute atomic E-state index is 0.0514. The molecule has 0 saturated heterocycles. The second kappa shape index (κ2) is 7.67. The van der Waals surface area contributed by atoms with Gasteiger partial charge in [-0.2, -0.15) is 0 Å². The summed E-state index contributed by atoms with van der Waals surface area (Å²) in [6.45, 7) is 4.00. The van der Waals surface area contributed by atoms with E-state index in [9.17, 15) is 10.2 Å². The summed E-state index contributed by atoms with van der Waals surface area (Å²) in [6, 6.07) is 3.04. The first-order valence-electron chi connectivity index (χ1n) is 6.90. The normalized spacial score (nSPS) is 11.8. The number of aryl methyl sites for hydroxylation is 1. The molecule has 1 rings (SSSR count). The van der Waals surface area contributed by atoms with Gasteiger partial charge in [-0.05, 0) is 30.9 Å². The summed E-state index contributed by atoms with van der Waals surface area (Å²) in [7, 11) is 0. The van der Waals surface area contributed by atoms with Gasteiger partial charge < -0.3 is 15.4 Å². The van der Waals surface area contributed by atoms with Gasteiger partial charge in [0, 0.05) is 11.6 Å². The molecule has 0 aliphatic heterocycles. The minimum Gasteiger partial charge on any atom is -0.508 e. The number of benzene rings is 1. The predicted octanol–water partition coefficient (Wildman–Crippen LogP) is 3.81. The summed E-state index contributed by atoms with van der Waals surface area (Å²) in [5, 5.41) is 31.8. The van der Waals surface area contributed by atoms with Crippen LogP contribution in [0, 0.1) is 0 Å². The molecule has 0 unspecified atom stereocenters. The van der Waals surface area contributed by atoms with Crippen LogP contribution < -0.4 is 0 Å². The molecular weight excluding hydrogens is 242 g/mol. The van der Waals surface area contributed by atoms with Gasteiger partial charge in [0.1, 0.15) is 11.5 Å². The van der Waals surface area contributed by atoms with Crippen LogP contribution in [0.3, 0.4) is 0 Å². The van der Waals surface area contributed by atoms with Gasteiger partial charge in [-0.3, -0.25) is 0 Å². The summed E-state index contributed by atoms with van der Waals surface area (Å²) in [5.74, 6) is 0.0515. The smallest absolute Gasteiger partial charge is 0.128 e. The van der Waals surface area contributed by atoms with E-state index < -0.39 is 0 Å². The van der Waals surface area contributed by atoms with Crippen molar-refractivity contribution in [1.29, 1.82) is 0 Å². The largest absolute Gasteiger partial charge is 0.508 e. The average molecular weight is 265 g/mol. The molecule has 106 valence electrons. The fraction of sp³-hybridized carbons (Fsp3) is 0.533. The Balaban J connectivity index is 2.90. The number of hydrogen-bond donors (Lipinski definition) is 3. The van der Waals surface area contributed by atoms with E-state index in [0.717, 1.165) is 24.8 Å². The highest BCUT2D eigenvalue weighted by Crippen LogP contribution is 2.29. The van der Waals surface area contributed by atoms with Crippen molar-refractivity contribution in [3.63, 3.8) is 0 Å². The highest BCUT2D eigenvalue weighted by atomic mass is 16.4. The first-order chi connectivity index (χ1) is 9.13. The molecule has 4 nitrogen and oxygen atoms in total. The number of rotatable bonds is 7. The lowest BCUT2D eigenvalue weighted by Gasteiger charge is -2.10. The zero-order valence-electron chi connectivity index (χ0n) is 11.7. The number of phenols is 2. The predicted molar refractivity (Wildman–Crippen MR) is 76.2 cm³/mol. The van der Waals surface area contributed by atoms with E-state index in [2.05, 4.69) is 12.1 Å². The van der Waals surface area contributed by atoms with Crippen molar-refractivity contribution in [2.45, 2.75) is 52.4 Å². The monoisotopic (exact) mass is 265 g/mol. The Labute approximate surface area is 114 Å². The molecule has 4 heteroatoms. The maximum Gasteiger partial charge on any atom is 0.128 e. The molecule has 0 aromatic heterocycles. The van der Waals surface area contributed by atoms with Crippen LogP contribution in [0.1, 0.15) is 57.1 Å². The van der Waals surface area contributed by atoms with Crippen molar-refractivity contribution >= 4 is 5.71 Å². The average Bonchev–Trinajstić information content (AvgIpc) is 2.40. The topological polar surface area (TPSA) is 73.1 Å². The molecule has 0 bridgehead atoms. The SMILES string of the molecule is CCCCCCc1cc(/C(CC)=N/O)c(O)cc1O. The van der Waals surface area contributed by atoms with Gasteiger partial charge in [0.25, 0.3) is 0 Å². The van der Waals surface area contributed by atoms with E-state index in [0.29, 0.717) is 17.7 Å². The Morgan fingerprint density at radius 1 is 1.05 bits per heavy atom. The van der Waals surface area contributed by atoms with Gasteiger partial charge in [-0.25, -0.2) is 0 Å². The molecule has 0 heterocycles. The van der Waals surface area contributed by atoms with Gasteiger partial charge in [0.05, 0.1) is 5.71 Å². The third-order valence-corrected chi connectivity index (χ3v) is 3.26. The third kappa shape index (κ3) is 4.16. The minimum atomic E-state index is -0.0514. The van der Waals surface area contributed by atoms with E-state index in [1.54, 1.807) is 6.07 Å². The fourth-order valence-corrected chi connectivity index (χ4v) is 2.11. The Morgan fingerprint density at radius 2 is 1.79 bits per heavy atom. The Morgan fingerprint density at radius 3 is 2.37 bits per heavy atom. The van der Waals surface area contributed by atoms with Crippen LogP contribution in [0.4, 0.5) is 0 Å². The second-order valence-electron chi connectivity index (χ2n) is 4.71. The van der Waals surface area contributed by atoms with Crippen molar-refractivity contribution in [1.82, 2.24) is 0 Å². The van der Waals surface area contributed by atoms with Crippen LogP contribution in [0.25, 0.3) is 0 Å². The molecule has 19 heavy (non-hydrogen) atoms. The lowest BCUT2D eigenvalue weighted by atomic mass is 9.99. The van der Waals surface area contributed by atoms with Crippen molar-refractivity contribution in [2.75, 3.05) is 0 Å². The number of hydrogen-bond acceptors (Lipinski definition) is 4. The quantitative estimate of drug-likeness (QED) is 0.304. The number of phenolic OH excluding ortho intramolecular Hbond substituents is 2. The van der Waals surface area contributed by atoms with Crippen LogP contribution in [-0.4, -0.2) is 21.1 Å². The molecule has 0 spiro atoms. The number of oxime groups is 1. The Bertz CT molecular complexity index is 441. The second-order valence-corrected chi connectivity index (χ2v) is 4.71. The Kier molecular flexibility index (Phi) is 6.19. The maximum absolute atomic E-state index is 9.84. The van der Waals surface area contributed by atoms with Crippen LogP contribution in [-0.2, 0) is 6.42 Å². The number of aromatic hydroxyl groups is 2. The summed E-state index contributed by atoms with van der Waals surface area (Å²) in [4.78, 5) is 0. The molecule has 0 atom stereocenters. The lowest BCUT2D eigenvalue weighted by Crippen LogP contribution is -2.01. The standard InChI is InChI=1S/C15H23NO3/c1-3-5-6-7-8-11-9-12(13(4-2)16-19)15(18)10-14(11)17/h9-10,17-19H,3-8H2,1-2H3/b16-13+. The molecule has 0 fully saturated rings. The van der Waals surface area contributed by atoms with Gasteiger partial charge in [-0.15, -0.1) is 0 Å². The molecule has 0 aliphatic carbocycles. The van der Waals surface area contributed by atoms with Crippen LogP contribution in [0.15, 0.2) is 17.3 Å². The molecule has 0 saturated carbocycles. The molecule has 0 radical (unpaired) electrons. The van der Waals surface area contributed by atoms with E-state index in [-0.39, 0.29) is 11.5 Å². The third-order valence-electron chi connectivity index (χ3n) is 3.26. The molecular formula is C15H23NO3.